The summed E-state index contributed by atoms with van der Waals surface area (Å²) < 4.78 is 0. The summed E-state index contributed by atoms with van der Waals surface area (Å²) in [7, 11) is 13.2. The number of pyridine rings is 3. The number of H-pyrrole nitrogens is 1. The Kier molecular flexibility index (Phi) is 5.44. The molecule has 1 aliphatic heterocycles. The molecule has 1 saturated heterocycles. The summed E-state index contributed by atoms with van der Waals surface area (Å²) in [6, 6.07) is 7.73. The number of nitrogens with zero attached hydrogens (tertiary/aromatic N) is 4. The van der Waals surface area contributed by atoms with Crippen LogP contribution >= 0.6 is 0 Å². The summed E-state index contributed by atoms with van der Waals surface area (Å²) in [5.74, 6) is 0.240. The van der Waals surface area contributed by atoms with E-state index in [2.05, 4.69) is 25.2 Å². The van der Waals surface area contributed by atoms with Crippen molar-refractivity contribution in [2.24, 2.45) is 0 Å². The van der Waals surface area contributed by atoms with Crippen molar-refractivity contribution < 1.29 is 4.79 Å². The Labute approximate surface area is 206 Å². The van der Waals surface area contributed by atoms with Gasteiger partial charge in [-0.25, -0.2) is 4.98 Å². The number of nitrogens with one attached hydrogen (secondary N) is 2. The molecule has 10 heteroatoms. The van der Waals surface area contributed by atoms with Gasteiger partial charge in [-0.1, -0.05) is 0 Å². The van der Waals surface area contributed by atoms with E-state index >= 15 is 0 Å². The van der Waals surface area contributed by atoms with Crippen LogP contribution in [0, 0.1) is 0 Å². The van der Waals surface area contributed by atoms with Gasteiger partial charge in [-0.05, 0) is 66.8 Å². The highest BCUT2D eigenvalue weighted by atomic mass is 16.2. The van der Waals surface area contributed by atoms with Gasteiger partial charge < -0.3 is 20.1 Å². The molecule has 0 aromatic carbocycles. The zero-order valence-electron chi connectivity index (χ0n) is 19.5. The molecule has 6 rings (SSSR count). The number of hydrogen-bond acceptors (Lipinski definition) is 6. The van der Waals surface area contributed by atoms with Crippen LogP contribution in [0.15, 0.2) is 41.5 Å². The molecule has 8 nitrogen and oxygen atoms in total. The van der Waals surface area contributed by atoms with Gasteiger partial charge in [-0.2, -0.15) is 0 Å². The molecule has 35 heavy (non-hydrogen) atoms. The fraction of sp³-hybridized carbons (Fsp3) is 0.440. The van der Waals surface area contributed by atoms with E-state index in [1.807, 2.05) is 23.1 Å². The van der Waals surface area contributed by atoms with Crippen LogP contribution in [-0.2, 0) is 5.34 Å². The molecular formula is C25H26B2N6O2. The average molecular weight is 464 g/mol. The third kappa shape index (κ3) is 4.47. The third-order valence-corrected chi connectivity index (χ3v) is 7.26. The molecule has 0 unspecified atom stereocenters. The molecule has 4 heterocycles. The van der Waals surface area contributed by atoms with E-state index < -0.39 is 5.34 Å². The van der Waals surface area contributed by atoms with E-state index in [1.165, 1.54) is 0 Å². The third-order valence-electron chi connectivity index (χ3n) is 7.26. The molecule has 2 saturated carbocycles. The Morgan fingerprint density at radius 2 is 1.80 bits per heavy atom. The van der Waals surface area contributed by atoms with Gasteiger partial charge in [0.1, 0.15) is 5.69 Å². The molecule has 3 aliphatic rings. The van der Waals surface area contributed by atoms with Crippen LogP contribution < -0.4 is 15.8 Å². The van der Waals surface area contributed by atoms with Gasteiger partial charge in [-0.3, -0.25) is 14.6 Å². The van der Waals surface area contributed by atoms with Crippen molar-refractivity contribution in [2.45, 2.75) is 43.0 Å². The number of anilines is 1. The maximum Gasteiger partial charge on any atom is 0.270 e. The zero-order valence-corrected chi connectivity index (χ0v) is 19.5. The molecule has 1 amide bonds. The number of fused-ring (bicyclic) bond motifs is 1. The molecular weight excluding hydrogens is 438 g/mol. The standard InChI is InChI=1S/C25H26B2N6O2/c26-25(27,16-11-22-21(28-13-16)12-19(15-1-2-15)23(34)31-22)33-9-7-32(8-10-33)18-5-6-20(29-14-18)24(35)30-17-3-4-17/h5-6,11-15,17H,1-4,7-10H2,(H,30,35)(H,31,34). The van der Waals surface area contributed by atoms with E-state index in [9.17, 15) is 9.59 Å². The minimum absolute atomic E-state index is 0.0585. The van der Waals surface area contributed by atoms with E-state index in [0.29, 0.717) is 54.9 Å². The fourth-order valence-electron chi connectivity index (χ4n) is 4.73. The van der Waals surface area contributed by atoms with Crippen molar-refractivity contribution in [1.29, 1.82) is 0 Å². The van der Waals surface area contributed by atoms with Crippen molar-refractivity contribution in [1.82, 2.24) is 25.2 Å². The normalized spacial score (nSPS) is 19.1. The number of amides is 1. The number of hydrogen-bond donors (Lipinski definition) is 2. The average Bonchev–Trinajstić information content (AvgIpc) is 3.79. The smallest absolute Gasteiger partial charge is 0.270 e. The van der Waals surface area contributed by atoms with Gasteiger partial charge in [-0.15, -0.1) is 0 Å². The second-order valence-electron chi connectivity index (χ2n) is 9.93. The van der Waals surface area contributed by atoms with Crippen molar-refractivity contribution in [3.63, 3.8) is 0 Å². The molecule has 174 valence electrons. The molecule has 4 radical (unpaired) electrons. The predicted molar refractivity (Wildman–Crippen MR) is 136 cm³/mol. The Hall–Kier alpha value is -3.13. The Morgan fingerprint density at radius 1 is 1.03 bits per heavy atom. The molecule has 0 bridgehead atoms. The Bertz CT molecular complexity index is 1330. The van der Waals surface area contributed by atoms with Crippen molar-refractivity contribution in [3.8, 4) is 0 Å². The Morgan fingerprint density at radius 3 is 2.46 bits per heavy atom. The van der Waals surface area contributed by atoms with E-state index in [-0.39, 0.29) is 11.5 Å². The molecule has 3 aromatic heterocycles. The molecule has 0 spiro atoms. The van der Waals surface area contributed by atoms with Gasteiger partial charge in [0.25, 0.3) is 11.5 Å². The highest BCUT2D eigenvalue weighted by Gasteiger charge is 2.32. The first-order valence-electron chi connectivity index (χ1n) is 12.3. The topological polar surface area (TPSA) is 94.2 Å². The largest absolute Gasteiger partial charge is 0.368 e. The summed E-state index contributed by atoms with van der Waals surface area (Å²) in [5, 5.41) is 1.74. The van der Waals surface area contributed by atoms with Crippen LogP contribution in [-0.4, -0.2) is 73.7 Å². The number of carbonyl (C=O) groups is 1. The molecule has 2 aliphatic carbocycles. The second-order valence-corrected chi connectivity index (χ2v) is 9.93. The molecule has 2 N–H and O–H groups in total. The minimum atomic E-state index is -1.22. The van der Waals surface area contributed by atoms with Crippen molar-refractivity contribution in [2.75, 3.05) is 31.1 Å². The van der Waals surface area contributed by atoms with Crippen LogP contribution in [0.4, 0.5) is 5.69 Å². The SMILES string of the molecule is [B]C([B])(c1cnc2cc(C3CC3)c(=O)[nH]c2c1)N1CCN(c2ccc(C(=O)NC3CC3)nc2)CC1. The van der Waals surface area contributed by atoms with Crippen LogP contribution in [0.5, 0.6) is 0 Å². The summed E-state index contributed by atoms with van der Waals surface area (Å²) >= 11 is 0. The van der Waals surface area contributed by atoms with Crippen LogP contribution in [0.2, 0.25) is 0 Å². The molecule has 0 atom stereocenters. The number of aromatic nitrogens is 3. The van der Waals surface area contributed by atoms with Gasteiger partial charge in [0, 0.05) is 44.0 Å². The zero-order chi connectivity index (χ0) is 24.2. The van der Waals surface area contributed by atoms with Gasteiger partial charge in [0.15, 0.2) is 0 Å². The number of piperazine rings is 1. The quantitative estimate of drug-likeness (QED) is 0.536. The van der Waals surface area contributed by atoms with Crippen molar-refractivity contribution in [3.05, 3.63) is 63.8 Å². The van der Waals surface area contributed by atoms with Gasteiger partial charge in [0.2, 0.25) is 0 Å². The number of carbonyl (C=O) groups excluding carboxylic acids is 1. The molecule has 3 fully saturated rings. The second kappa shape index (κ2) is 8.52. The predicted octanol–water partition coefficient (Wildman–Crippen LogP) is 1.36. The van der Waals surface area contributed by atoms with Crippen molar-refractivity contribution >= 4 is 38.3 Å². The number of aromatic amines is 1. The maximum absolute atomic E-state index is 12.5. The monoisotopic (exact) mass is 464 g/mol. The summed E-state index contributed by atoms with van der Waals surface area (Å²) in [5.41, 5.74) is 4.20. The first kappa shape index (κ1) is 22.3. The number of rotatable bonds is 6. The van der Waals surface area contributed by atoms with Crippen LogP contribution in [0.1, 0.15) is 53.2 Å². The summed E-state index contributed by atoms with van der Waals surface area (Å²) in [6.45, 7) is 2.72. The minimum Gasteiger partial charge on any atom is -0.368 e. The first-order valence-corrected chi connectivity index (χ1v) is 12.3. The van der Waals surface area contributed by atoms with E-state index in [4.69, 9.17) is 15.7 Å². The van der Waals surface area contributed by atoms with Gasteiger partial charge >= 0.3 is 0 Å². The maximum atomic E-state index is 12.5. The lowest BCUT2D eigenvalue weighted by Gasteiger charge is -2.45. The van der Waals surface area contributed by atoms with Crippen LogP contribution in [0.25, 0.3) is 11.0 Å². The lowest BCUT2D eigenvalue weighted by Crippen LogP contribution is -2.56. The fourth-order valence-corrected chi connectivity index (χ4v) is 4.73. The summed E-state index contributed by atoms with van der Waals surface area (Å²) in [4.78, 5) is 40.7. The summed E-state index contributed by atoms with van der Waals surface area (Å²) in [6.07, 6.45) is 7.67. The van der Waals surface area contributed by atoms with E-state index in [0.717, 1.165) is 42.5 Å². The highest BCUT2D eigenvalue weighted by Crippen LogP contribution is 2.38. The first-order chi connectivity index (χ1) is 16.9. The lowest BCUT2D eigenvalue weighted by atomic mass is 9.57. The van der Waals surface area contributed by atoms with E-state index in [1.54, 1.807) is 18.5 Å². The lowest BCUT2D eigenvalue weighted by molar-refractivity contribution is 0.0946. The van der Waals surface area contributed by atoms with Crippen LogP contribution in [0.3, 0.4) is 0 Å². The highest BCUT2D eigenvalue weighted by molar-refractivity contribution is 6.39. The van der Waals surface area contributed by atoms with Gasteiger partial charge in [0.05, 0.1) is 38.6 Å². The Balaban J connectivity index is 1.13. The molecule has 3 aromatic rings.